The first-order valence-electron chi connectivity index (χ1n) is 8.79. The van der Waals surface area contributed by atoms with E-state index in [1.165, 1.54) is 6.92 Å². The van der Waals surface area contributed by atoms with E-state index in [1.807, 2.05) is 0 Å². The largest absolute Gasteiger partial charge is 0.480 e. The Morgan fingerprint density at radius 2 is 1.43 bits per heavy atom. The van der Waals surface area contributed by atoms with Crippen LogP contribution in [0.1, 0.15) is 27.2 Å². The van der Waals surface area contributed by atoms with Crippen LogP contribution in [0.5, 0.6) is 0 Å². The zero-order valence-corrected chi connectivity index (χ0v) is 16.1. The van der Waals surface area contributed by atoms with Gasteiger partial charge in [-0.25, -0.2) is 4.79 Å². The van der Waals surface area contributed by atoms with Gasteiger partial charge in [0.25, 0.3) is 0 Å². The summed E-state index contributed by atoms with van der Waals surface area (Å²) in [6.45, 7) is 3.05. The van der Waals surface area contributed by atoms with E-state index in [2.05, 4.69) is 16.0 Å². The van der Waals surface area contributed by atoms with Crippen LogP contribution < -0.4 is 21.7 Å². The van der Waals surface area contributed by atoms with E-state index >= 15 is 0 Å². The summed E-state index contributed by atoms with van der Waals surface area (Å²) in [5.41, 5.74) is 5.31. The highest BCUT2D eigenvalue weighted by atomic mass is 16.4. The SMILES string of the molecule is CCC(C)C(NC(=O)C(NC(=O)C(CO)NC(=O)C(N)CO)C(C)O)C(=O)O. The van der Waals surface area contributed by atoms with Crippen molar-refractivity contribution in [2.45, 2.75) is 57.5 Å². The zero-order valence-electron chi connectivity index (χ0n) is 16.1. The Balaban J connectivity index is 5.21. The van der Waals surface area contributed by atoms with Crippen molar-refractivity contribution in [1.82, 2.24) is 16.0 Å². The molecule has 0 radical (unpaired) electrons. The first kappa shape index (κ1) is 25.7. The minimum atomic E-state index is -1.53. The fourth-order valence-corrected chi connectivity index (χ4v) is 2.14. The molecule has 0 aliphatic heterocycles. The van der Waals surface area contributed by atoms with Crippen molar-refractivity contribution >= 4 is 23.7 Å². The minimum Gasteiger partial charge on any atom is -0.480 e. The summed E-state index contributed by atoms with van der Waals surface area (Å²) in [5.74, 6) is -4.52. The van der Waals surface area contributed by atoms with Crippen LogP contribution in [0.2, 0.25) is 0 Å². The van der Waals surface area contributed by atoms with E-state index in [0.717, 1.165) is 0 Å². The lowest BCUT2D eigenvalue weighted by atomic mass is 9.98. The molecule has 0 bridgehead atoms. The van der Waals surface area contributed by atoms with Crippen molar-refractivity contribution in [2.75, 3.05) is 13.2 Å². The molecule has 3 amide bonds. The molecule has 6 unspecified atom stereocenters. The molecule has 0 aromatic heterocycles. The van der Waals surface area contributed by atoms with E-state index in [4.69, 9.17) is 10.8 Å². The number of carbonyl (C=O) groups excluding carboxylic acids is 3. The number of aliphatic hydroxyl groups is 3. The molecule has 0 saturated heterocycles. The normalized spacial score (nSPS) is 17.4. The Hall–Kier alpha value is -2.28. The average molecular weight is 406 g/mol. The second-order valence-corrected chi connectivity index (χ2v) is 6.47. The third-order valence-electron chi connectivity index (χ3n) is 4.19. The molecule has 12 nitrogen and oxygen atoms in total. The molecule has 0 aromatic rings. The number of aliphatic carboxylic acids is 1. The number of aliphatic hydroxyl groups excluding tert-OH is 3. The highest BCUT2D eigenvalue weighted by Gasteiger charge is 2.33. The Labute approximate surface area is 162 Å². The van der Waals surface area contributed by atoms with Gasteiger partial charge in [-0.2, -0.15) is 0 Å². The van der Waals surface area contributed by atoms with Gasteiger partial charge in [-0.15, -0.1) is 0 Å². The third kappa shape index (κ3) is 7.76. The second-order valence-electron chi connectivity index (χ2n) is 6.47. The van der Waals surface area contributed by atoms with Gasteiger partial charge in [-0.05, 0) is 12.8 Å². The van der Waals surface area contributed by atoms with Gasteiger partial charge in [-0.3, -0.25) is 14.4 Å². The highest BCUT2D eigenvalue weighted by Crippen LogP contribution is 2.09. The molecule has 9 N–H and O–H groups in total. The predicted molar refractivity (Wildman–Crippen MR) is 96.7 cm³/mol. The van der Waals surface area contributed by atoms with Crippen LogP contribution in [0.4, 0.5) is 0 Å². The quantitative estimate of drug-likeness (QED) is 0.160. The van der Waals surface area contributed by atoms with E-state index in [1.54, 1.807) is 13.8 Å². The number of nitrogens with two attached hydrogens (primary N) is 1. The molecule has 0 aliphatic carbocycles. The fourth-order valence-electron chi connectivity index (χ4n) is 2.14. The lowest BCUT2D eigenvalue weighted by Crippen LogP contribution is -2.61. The summed E-state index contributed by atoms with van der Waals surface area (Å²) >= 11 is 0. The Bertz CT molecular complexity index is 557. The van der Waals surface area contributed by atoms with Gasteiger partial charge in [0.15, 0.2) is 0 Å². The molecule has 0 rings (SSSR count). The van der Waals surface area contributed by atoms with Gasteiger partial charge in [0.2, 0.25) is 17.7 Å². The molecule has 0 fully saturated rings. The molecule has 12 heteroatoms. The summed E-state index contributed by atoms with van der Waals surface area (Å²) in [7, 11) is 0. The highest BCUT2D eigenvalue weighted by molar-refractivity contribution is 5.94. The van der Waals surface area contributed by atoms with E-state index < -0.39 is 73.1 Å². The van der Waals surface area contributed by atoms with Gasteiger partial charge in [0.05, 0.1) is 19.3 Å². The molecule has 0 saturated carbocycles. The summed E-state index contributed by atoms with van der Waals surface area (Å²) in [6.07, 6.45) is -0.933. The van der Waals surface area contributed by atoms with Gasteiger partial charge in [0.1, 0.15) is 24.2 Å². The summed E-state index contributed by atoms with van der Waals surface area (Å²) in [6, 6.07) is -5.57. The topological polar surface area (TPSA) is 211 Å². The Morgan fingerprint density at radius 1 is 0.893 bits per heavy atom. The lowest BCUT2D eigenvalue weighted by molar-refractivity contribution is -0.144. The number of hydrogen-bond donors (Lipinski definition) is 8. The molecular weight excluding hydrogens is 376 g/mol. The number of hydrogen-bond acceptors (Lipinski definition) is 8. The molecular formula is C16H30N4O8. The molecule has 0 aliphatic rings. The lowest BCUT2D eigenvalue weighted by Gasteiger charge is -2.27. The van der Waals surface area contributed by atoms with Crippen LogP contribution in [0.3, 0.4) is 0 Å². The van der Waals surface area contributed by atoms with Crippen molar-refractivity contribution in [1.29, 1.82) is 0 Å². The first-order valence-corrected chi connectivity index (χ1v) is 8.79. The predicted octanol–water partition coefficient (Wildman–Crippen LogP) is -3.74. The standard InChI is InChI=1S/C16H30N4O8/c1-4-7(2)11(16(27)28)19-15(26)12(8(3)23)20-14(25)10(6-22)18-13(24)9(17)5-21/h7-12,21-23H,4-6,17H2,1-3H3,(H,18,24)(H,19,26)(H,20,25)(H,27,28). The van der Waals surface area contributed by atoms with Crippen molar-refractivity contribution in [2.24, 2.45) is 11.7 Å². The van der Waals surface area contributed by atoms with Crippen LogP contribution in [-0.2, 0) is 19.2 Å². The number of carbonyl (C=O) groups is 4. The van der Waals surface area contributed by atoms with Crippen LogP contribution in [0.15, 0.2) is 0 Å². The summed E-state index contributed by atoms with van der Waals surface area (Å²) in [4.78, 5) is 47.6. The average Bonchev–Trinajstić information content (AvgIpc) is 2.65. The maximum Gasteiger partial charge on any atom is 0.326 e. The number of rotatable bonds is 12. The molecule has 0 aromatic carbocycles. The van der Waals surface area contributed by atoms with Gasteiger partial charge >= 0.3 is 5.97 Å². The maximum absolute atomic E-state index is 12.4. The first-order chi connectivity index (χ1) is 13.0. The molecule has 0 heterocycles. The van der Waals surface area contributed by atoms with E-state index in [0.29, 0.717) is 6.42 Å². The van der Waals surface area contributed by atoms with Crippen LogP contribution in [0.25, 0.3) is 0 Å². The molecule has 162 valence electrons. The molecule has 6 atom stereocenters. The van der Waals surface area contributed by atoms with Crippen molar-refractivity contribution in [3.8, 4) is 0 Å². The molecule has 0 spiro atoms. The van der Waals surface area contributed by atoms with Gasteiger partial charge < -0.3 is 42.1 Å². The number of nitrogens with one attached hydrogen (secondary N) is 3. The number of carboxylic acid groups (broad SMARTS) is 1. The minimum absolute atomic E-state index is 0.406. The Morgan fingerprint density at radius 3 is 1.82 bits per heavy atom. The number of carboxylic acids is 1. The Kier molecular flexibility index (Phi) is 11.2. The third-order valence-corrected chi connectivity index (χ3v) is 4.19. The van der Waals surface area contributed by atoms with Crippen molar-refractivity contribution in [3.63, 3.8) is 0 Å². The maximum atomic E-state index is 12.4. The fraction of sp³-hybridized carbons (Fsp3) is 0.750. The van der Waals surface area contributed by atoms with Crippen molar-refractivity contribution < 1.29 is 39.6 Å². The van der Waals surface area contributed by atoms with E-state index in [9.17, 15) is 34.5 Å². The second kappa shape index (κ2) is 12.2. The monoisotopic (exact) mass is 406 g/mol. The molecule has 28 heavy (non-hydrogen) atoms. The van der Waals surface area contributed by atoms with Crippen LogP contribution >= 0.6 is 0 Å². The smallest absolute Gasteiger partial charge is 0.326 e. The van der Waals surface area contributed by atoms with Crippen molar-refractivity contribution in [3.05, 3.63) is 0 Å². The summed E-state index contributed by atoms with van der Waals surface area (Å²) in [5, 5.41) is 43.7. The van der Waals surface area contributed by atoms with E-state index in [-0.39, 0.29) is 0 Å². The van der Waals surface area contributed by atoms with Crippen LogP contribution in [0, 0.1) is 5.92 Å². The van der Waals surface area contributed by atoms with Gasteiger partial charge in [-0.1, -0.05) is 20.3 Å². The van der Waals surface area contributed by atoms with Gasteiger partial charge in [0, 0.05) is 0 Å². The zero-order chi connectivity index (χ0) is 22.0. The van der Waals surface area contributed by atoms with Crippen LogP contribution in [-0.4, -0.2) is 87.6 Å². The summed E-state index contributed by atoms with van der Waals surface area (Å²) < 4.78 is 0. The number of amides is 3.